The minimum atomic E-state index is -0.325. The number of hydrogen-bond acceptors (Lipinski definition) is 6. The van der Waals surface area contributed by atoms with E-state index in [1.807, 2.05) is 35.2 Å². The minimum absolute atomic E-state index is 0.0682. The number of aliphatic hydroxyl groups is 1. The van der Waals surface area contributed by atoms with E-state index in [9.17, 15) is 9.90 Å². The largest absolute Gasteiger partial charge is 0.472 e. The highest BCUT2D eigenvalue weighted by Gasteiger charge is 2.42. The number of rotatable bonds is 4. The number of nitrogens with zero attached hydrogens (tertiary/aromatic N) is 3. The second-order valence-electron chi connectivity index (χ2n) is 8.84. The Morgan fingerprint density at radius 3 is 2.87 bits per heavy atom. The van der Waals surface area contributed by atoms with Gasteiger partial charge in [-0.2, -0.15) is 0 Å². The number of furan rings is 1. The number of carbonyl (C=O) groups excluding carboxylic acids is 1. The topological polar surface area (TPSA) is 83.0 Å². The average molecular weight is 409 g/mol. The van der Waals surface area contributed by atoms with E-state index in [1.165, 1.54) is 0 Å². The molecule has 2 aliphatic rings. The Kier molecular flexibility index (Phi) is 5.08. The molecule has 1 atom stereocenters. The molecule has 7 heteroatoms. The van der Waals surface area contributed by atoms with Gasteiger partial charge in [0.2, 0.25) is 5.91 Å². The summed E-state index contributed by atoms with van der Waals surface area (Å²) in [5.41, 5.74) is 2.62. The third-order valence-electron chi connectivity index (χ3n) is 6.63. The van der Waals surface area contributed by atoms with Crippen molar-refractivity contribution in [1.29, 1.82) is 0 Å². The van der Waals surface area contributed by atoms with Gasteiger partial charge in [0.1, 0.15) is 5.69 Å². The zero-order valence-corrected chi connectivity index (χ0v) is 17.0. The summed E-state index contributed by atoms with van der Waals surface area (Å²) >= 11 is 0. The fourth-order valence-corrected chi connectivity index (χ4v) is 5.14. The Hall–Kier alpha value is -2.64. The first-order valence-electron chi connectivity index (χ1n) is 10.6. The first-order chi connectivity index (χ1) is 14.6. The number of para-hydroxylation sites is 1. The Labute approximate surface area is 175 Å². The van der Waals surface area contributed by atoms with Crippen LogP contribution in [0.15, 0.2) is 51.8 Å². The zero-order valence-electron chi connectivity index (χ0n) is 17.0. The molecule has 1 unspecified atom stereocenters. The summed E-state index contributed by atoms with van der Waals surface area (Å²) < 4.78 is 10.5. The lowest BCUT2D eigenvalue weighted by molar-refractivity contribution is -0.134. The molecule has 30 heavy (non-hydrogen) atoms. The first-order valence-corrected chi connectivity index (χ1v) is 10.6. The van der Waals surface area contributed by atoms with Crippen molar-refractivity contribution in [3.63, 3.8) is 0 Å². The monoisotopic (exact) mass is 409 g/mol. The van der Waals surface area contributed by atoms with Gasteiger partial charge >= 0.3 is 0 Å². The van der Waals surface area contributed by atoms with E-state index >= 15 is 0 Å². The maximum absolute atomic E-state index is 12.9. The predicted molar refractivity (Wildman–Crippen MR) is 111 cm³/mol. The fraction of sp³-hybridized carbons (Fsp3) is 0.478. The van der Waals surface area contributed by atoms with Crippen molar-refractivity contribution in [2.75, 3.05) is 26.2 Å². The molecule has 2 saturated heterocycles. The third-order valence-corrected chi connectivity index (χ3v) is 6.63. The molecule has 0 radical (unpaired) electrons. The second kappa shape index (κ2) is 7.89. The Balaban J connectivity index is 1.21. The molecule has 5 rings (SSSR count). The zero-order chi connectivity index (χ0) is 20.6. The van der Waals surface area contributed by atoms with Crippen molar-refractivity contribution in [2.24, 2.45) is 5.41 Å². The van der Waals surface area contributed by atoms with Crippen molar-refractivity contribution >= 4 is 16.9 Å². The van der Waals surface area contributed by atoms with E-state index in [0.717, 1.165) is 56.4 Å². The second-order valence-corrected chi connectivity index (χ2v) is 8.84. The van der Waals surface area contributed by atoms with Crippen LogP contribution in [0.5, 0.6) is 0 Å². The van der Waals surface area contributed by atoms with E-state index in [0.29, 0.717) is 17.8 Å². The molecule has 0 saturated carbocycles. The Morgan fingerprint density at radius 2 is 2.07 bits per heavy atom. The molecular weight excluding hydrogens is 382 g/mol. The molecule has 7 nitrogen and oxygen atoms in total. The van der Waals surface area contributed by atoms with Gasteiger partial charge in [0, 0.05) is 43.7 Å². The van der Waals surface area contributed by atoms with Gasteiger partial charge in [-0.3, -0.25) is 9.69 Å². The number of benzene rings is 1. The van der Waals surface area contributed by atoms with Gasteiger partial charge in [-0.1, -0.05) is 17.3 Å². The molecule has 2 aromatic heterocycles. The molecule has 4 heterocycles. The maximum Gasteiger partial charge on any atom is 0.228 e. The van der Waals surface area contributed by atoms with E-state index in [4.69, 9.17) is 8.94 Å². The van der Waals surface area contributed by atoms with Crippen molar-refractivity contribution < 1.29 is 18.8 Å². The van der Waals surface area contributed by atoms with Crippen LogP contribution in [-0.2, 0) is 17.8 Å². The molecule has 2 aliphatic heterocycles. The van der Waals surface area contributed by atoms with Crippen LogP contribution in [0.25, 0.3) is 11.0 Å². The lowest BCUT2D eigenvalue weighted by Crippen LogP contribution is -2.54. The Morgan fingerprint density at radius 1 is 1.23 bits per heavy atom. The van der Waals surface area contributed by atoms with Gasteiger partial charge in [-0.05, 0) is 42.9 Å². The van der Waals surface area contributed by atoms with Crippen LogP contribution < -0.4 is 0 Å². The van der Waals surface area contributed by atoms with Crippen molar-refractivity contribution in [3.8, 4) is 0 Å². The smallest absolute Gasteiger partial charge is 0.228 e. The molecule has 1 amide bonds. The average Bonchev–Trinajstić information content (AvgIpc) is 3.38. The van der Waals surface area contributed by atoms with E-state index in [1.54, 1.807) is 12.5 Å². The van der Waals surface area contributed by atoms with Crippen LogP contribution in [-0.4, -0.2) is 58.3 Å². The number of aliphatic hydroxyl groups excluding tert-OH is 1. The van der Waals surface area contributed by atoms with Crippen molar-refractivity contribution in [1.82, 2.24) is 15.0 Å². The van der Waals surface area contributed by atoms with Crippen molar-refractivity contribution in [3.05, 3.63) is 54.1 Å². The van der Waals surface area contributed by atoms with Gasteiger partial charge in [-0.15, -0.1) is 0 Å². The molecule has 0 aliphatic carbocycles. The number of amides is 1. The summed E-state index contributed by atoms with van der Waals surface area (Å²) in [6.45, 7) is 3.87. The van der Waals surface area contributed by atoms with Gasteiger partial charge in [0.05, 0.1) is 25.1 Å². The quantitative estimate of drug-likeness (QED) is 0.714. The summed E-state index contributed by atoms with van der Waals surface area (Å²) in [5.74, 6) is 0.0931. The summed E-state index contributed by atoms with van der Waals surface area (Å²) in [7, 11) is 0. The summed E-state index contributed by atoms with van der Waals surface area (Å²) in [4.78, 5) is 17.2. The number of piperidine rings is 2. The van der Waals surface area contributed by atoms with Gasteiger partial charge in [0.15, 0.2) is 5.58 Å². The van der Waals surface area contributed by atoms with Crippen LogP contribution in [0, 0.1) is 5.41 Å². The molecule has 1 spiro atoms. The highest BCUT2D eigenvalue weighted by Crippen LogP contribution is 2.40. The lowest BCUT2D eigenvalue weighted by atomic mass is 9.71. The summed E-state index contributed by atoms with van der Waals surface area (Å²) in [5, 5.41) is 15.5. The molecular formula is C23H27N3O4. The number of fused-ring (bicyclic) bond motifs is 1. The summed E-state index contributed by atoms with van der Waals surface area (Å²) in [6.07, 6.45) is 6.03. The van der Waals surface area contributed by atoms with E-state index in [-0.39, 0.29) is 23.8 Å². The fourth-order valence-electron chi connectivity index (χ4n) is 5.14. The third kappa shape index (κ3) is 3.87. The van der Waals surface area contributed by atoms with E-state index in [2.05, 4.69) is 10.1 Å². The lowest BCUT2D eigenvalue weighted by Gasteiger charge is -2.49. The number of β-amino-alcohol motifs (C(OH)–C–C–N with tert-alkyl or cyclic N) is 1. The first kappa shape index (κ1) is 19.3. The number of likely N-dealkylation sites (tertiary alicyclic amines) is 2. The summed E-state index contributed by atoms with van der Waals surface area (Å²) in [6, 6.07) is 9.62. The highest BCUT2D eigenvalue weighted by atomic mass is 16.5. The minimum Gasteiger partial charge on any atom is -0.472 e. The van der Waals surface area contributed by atoms with Crippen LogP contribution in [0.1, 0.15) is 30.5 Å². The molecule has 3 aromatic rings. The van der Waals surface area contributed by atoms with Gasteiger partial charge in [0.25, 0.3) is 0 Å². The van der Waals surface area contributed by atoms with Gasteiger partial charge in [-0.25, -0.2) is 0 Å². The predicted octanol–water partition coefficient (Wildman–Crippen LogP) is 2.84. The van der Waals surface area contributed by atoms with Gasteiger partial charge < -0.3 is 18.9 Å². The standard InChI is InChI=1S/C23H27N3O4/c27-18-12-23(16-25(14-18)13-17-5-10-29-15-17)6-8-26(9-7-23)22(28)11-20-19-3-1-2-4-21(19)30-24-20/h1-5,10,15,18,27H,6-9,11-14,16H2. The highest BCUT2D eigenvalue weighted by molar-refractivity contribution is 5.86. The molecule has 2 fully saturated rings. The number of carbonyl (C=O) groups is 1. The van der Waals surface area contributed by atoms with Crippen LogP contribution in [0.2, 0.25) is 0 Å². The number of aromatic nitrogens is 1. The van der Waals surface area contributed by atoms with Crippen LogP contribution in [0.3, 0.4) is 0 Å². The van der Waals surface area contributed by atoms with Crippen LogP contribution in [0.4, 0.5) is 0 Å². The molecule has 158 valence electrons. The van der Waals surface area contributed by atoms with E-state index < -0.39 is 0 Å². The van der Waals surface area contributed by atoms with Crippen molar-refractivity contribution in [2.45, 2.75) is 38.3 Å². The number of hydrogen-bond donors (Lipinski definition) is 1. The molecule has 1 N–H and O–H groups in total. The molecule has 1 aromatic carbocycles. The molecule has 0 bridgehead atoms. The Bertz CT molecular complexity index is 1000. The SMILES string of the molecule is O=C(Cc1noc2ccccc12)N1CCC2(CC1)CC(O)CN(Cc1ccoc1)C2. The van der Waals surface area contributed by atoms with Crippen LogP contribution >= 0.6 is 0 Å². The maximum atomic E-state index is 12.9. The normalized spacial score (nSPS) is 22.0.